The van der Waals surface area contributed by atoms with Crippen LogP contribution in [0.4, 0.5) is 0 Å². The Morgan fingerprint density at radius 3 is 3.07 bits per heavy atom. The van der Waals surface area contributed by atoms with Crippen LogP contribution >= 0.6 is 23.6 Å². The van der Waals surface area contributed by atoms with Crippen LogP contribution in [0.3, 0.4) is 0 Å². The van der Waals surface area contributed by atoms with Crippen LogP contribution < -0.4 is 5.73 Å². The van der Waals surface area contributed by atoms with Crippen molar-refractivity contribution in [2.75, 3.05) is 0 Å². The molecule has 3 nitrogen and oxygen atoms in total. The Hall–Kier alpha value is -1.20. The Bertz CT molecular complexity index is 484. The molecule has 78 valence electrons. The monoisotopic (exact) mass is 237 g/mol. The van der Waals surface area contributed by atoms with E-state index in [1.807, 2.05) is 22.9 Å². The van der Waals surface area contributed by atoms with Gasteiger partial charge in [-0.1, -0.05) is 19.1 Å². The highest BCUT2D eigenvalue weighted by molar-refractivity contribution is 7.80. The Morgan fingerprint density at radius 2 is 2.47 bits per heavy atom. The molecule has 0 amide bonds. The molecule has 2 N–H and O–H groups in total. The van der Waals surface area contributed by atoms with Crippen LogP contribution in [0, 0.1) is 0 Å². The van der Waals surface area contributed by atoms with Gasteiger partial charge in [0.1, 0.15) is 4.99 Å². The minimum atomic E-state index is 0.397. The van der Waals surface area contributed by atoms with Crippen LogP contribution in [0.25, 0.3) is 5.13 Å². The number of aryl methyl sites for hydroxylation is 1. The number of aromatic nitrogens is 2. The zero-order chi connectivity index (χ0) is 10.8. The van der Waals surface area contributed by atoms with Crippen LogP contribution in [-0.4, -0.2) is 14.5 Å². The van der Waals surface area contributed by atoms with Gasteiger partial charge in [-0.2, -0.15) is 0 Å². The van der Waals surface area contributed by atoms with Gasteiger partial charge in [0.15, 0.2) is 5.13 Å². The van der Waals surface area contributed by atoms with Gasteiger partial charge in [0.25, 0.3) is 0 Å². The summed E-state index contributed by atoms with van der Waals surface area (Å²) < 4.78 is 1.92. The molecule has 0 radical (unpaired) electrons. The quantitative estimate of drug-likeness (QED) is 0.832. The number of thiocarbonyl (C=S) groups is 1. The topological polar surface area (TPSA) is 43.8 Å². The van der Waals surface area contributed by atoms with Crippen molar-refractivity contribution in [1.82, 2.24) is 9.55 Å². The van der Waals surface area contributed by atoms with Gasteiger partial charge in [0.05, 0.1) is 11.4 Å². The number of hydrogen-bond acceptors (Lipinski definition) is 3. The molecule has 0 saturated heterocycles. The molecular formula is C10H11N3S2. The zero-order valence-corrected chi connectivity index (χ0v) is 9.94. The highest BCUT2D eigenvalue weighted by Crippen LogP contribution is 2.18. The lowest BCUT2D eigenvalue weighted by Gasteiger charge is -2.02. The van der Waals surface area contributed by atoms with E-state index in [4.69, 9.17) is 18.0 Å². The normalized spacial score (nSPS) is 10.5. The molecular weight excluding hydrogens is 226 g/mol. The summed E-state index contributed by atoms with van der Waals surface area (Å²) in [5.74, 6) is 0. The average molecular weight is 237 g/mol. The molecule has 0 atom stereocenters. The van der Waals surface area contributed by atoms with E-state index in [0.29, 0.717) is 4.99 Å². The van der Waals surface area contributed by atoms with Gasteiger partial charge in [-0.15, -0.1) is 11.3 Å². The summed E-state index contributed by atoms with van der Waals surface area (Å²) in [5, 5.41) is 2.97. The molecule has 0 aliphatic rings. The molecule has 2 rings (SSSR count). The number of hydrogen-bond donors (Lipinski definition) is 1. The van der Waals surface area contributed by atoms with E-state index in [0.717, 1.165) is 22.9 Å². The summed E-state index contributed by atoms with van der Waals surface area (Å²) in [5.41, 5.74) is 7.55. The summed E-state index contributed by atoms with van der Waals surface area (Å²) in [4.78, 5) is 4.88. The van der Waals surface area contributed by atoms with E-state index in [1.165, 1.54) is 0 Å². The second-order valence-electron chi connectivity index (χ2n) is 3.10. The van der Waals surface area contributed by atoms with E-state index in [9.17, 15) is 0 Å². The summed E-state index contributed by atoms with van der Waals surface area (Å²) in [7, 11) is 0. The third-order valence-electron chi connectivity index (χ3n) is 2.11. The van der Waals surface area contributed by atoms with Gasteiger partial charge >= 0.3 is 0 Å². The van der Waals surface area contributed by atoms with E-state index >= 15 is 0 Å². The summed E-state index contributed by atoms with van der Waals surface area (Å²) in [6.07, 6.45) is 2.87. The lowest BCUT2D eigenvalue weighted by atomic mass is 10.4. The molecule has 0 bridgehead atoms. The molecule has 0 fully saturated rings. The largest absolute Gasteiger partial charge is 0.388 e. The standard InChI is InChI=1S/C10H11N3S2/c1-2-7-6-15-10(12-7)13-5-3-4-8(13)9(11)14/h3-6H,2H2,1H3,(H2,11,14). The van der Waals surface area contributed by atoms with Gasteiger partial charge in [0, 0.05) is 11.6 Å². The highest BCUT2D eigenvalue weighted by Gasteiger charge is 2.08. The maximum absolute atomic E-state index is 5.62. The van der Waals surface area contributed by atoms with Crippen LogP contribution in [0.1, 0.15) is 18.3 Å². The molecule has 0 spiro atoms. The fraction of sp³-hybridized carbons (Fsp3) is 0.200. The van der Waals surface area contributed by atoms with Crippen molar-refractivity contribution in [3.05, 3.63) is 35.1 Å². The first-order chi connectivity index (χ1) is 7.22. The molecule has 2 aromatic rings. The fourth-order valence-corrected chi connectivity index (χ4v) is 2.39. The Morgan fingerprint density at radius 1 is 1.67 bits per heavy atom. The van der Waals surface area contributed by atoms with Crippen LogP contribution in [0.5, 0.6) is 0 Å². The third kappa shape index (κ3) is 1.93. The number of nitrogens with two attached hydrogens (primary N) is 1. The first-order valence-corrected chi connectivity index (χ1v) is 5.93. The second kappa shape index (κ2) is 4.12. The van der Waals surface area contributed by atoms with E-state index in [1.54, 1.807) is 11.3 Å². The number of nitrogens with zero attached hydrogens (tertiary/aromatic N) is 2. The minimum absolute atomic E-state index is 0.397. The van der Waals surface area contributed by atoms with E-state index in [2.05, 4.69) is 17.3 Å². The maximum Gasteiger partial charge on any atom is 0.194 e. The van der Waals surface area contributed by atoms with Crippen molar-refractivity contribution >= 4 is 28.5 Å². The molecule has 15 heavy (non-hydrogen) atoms. The Labute approximate surface area is 97.6 Å². The molecule has 2 aromatic heterocycles. The molecule has 0 unspecified atom stereocenters. The SMILES string of the molecule is CCc1csc(-n2cccc2C(N)=S)n1. The maximum atomic E-state index is 5.62. The predicted octanol–water partition coefficient (Wildman–Crippen LogP) is 2.13. The minimum Gasteiger partial charge on any atom is -0.388 e. The van der Waals surface area contributed by atoms with Gasteiger partial charge in [-0.3, -0.25) is 4.57 Å². The summed E-state index contributed by atoms with van der Waals surface area (Å²) >= 11 is 6.57. The first-order valence-electron chi connectivity index (χ1n) is 4.64. The Balaban J connectivity index is 2.44. The van der Waals surface area contributed by atoms with Gasteiger partial charge in [0.2, 0.25) is 0 Å². The summed E-state index contributed by atoms with van der Waals surface area (Å²) in [6, 6.07) is 3.82. The molecule has 0 aromatic carbocycles. The first kappa shape index (κ1) is 10.3. The molecule has 0 aliphatic carbocycles. The van der Waals surface area contributed by atoms with Crippen LogP contribution in [-0.2, 0) is 6.42 Å². The predicted molar refractivity (Wildman–Crippen MR) is 66.7 cm³/mol. The van der Waals surface area contributed by atoms with Crippen LogP contribution in [0.2, 0.25) is 0 Å². The van der Waals surface area contributed by atoms with Crippen molar-refractivity contribution in [2.24, 2.45) is 5.73 Å². The molecule has 0 aliphatic heterocycles. The van der Waals surface area contributed by atoms with Gasteiger partial charge in [-0.25, -0.2) is 4.98 Å². The van der Waals surface area contributed by atoms with E-state index in [-0.39, 0.29) is 0 Å². The fourth-order valence-electron chi connectivity index (χ4n) is 1.32. The number of rotatable bonds is 3. The smallest absolute Gasteiger partial charge is 0.194 e. The highest BCUT2D eigenvalue weighted by atomic mass is 32.1. The zero-order valence-electron chi connectivity index (χ0n) is 8.30. The number of thiazole rings is 1. The van der Waals surface area contributed by atoms with Crippen molar-refractivity contribution in [1.29, 1.82) is 0 Å². The lowest BCUT2D eigenvalue weighted by molar-refractivity contribution is 0.985. The molecule has 0 saturated carbocycles. The van der Waals surface area contributed by atoms with Crippen LogP contribution in [0.15, 0.2) is 23.7 Å². The second-order valence-corrected chi connectivity index (χ2v) is 4.38. The molecule has 2 heterocycles. The average Bonchev–Trinajstić information content (AvgIpc) is 2.85. The van der Waals surface area contributed by atoms with Crippen molar-refractivity contribution in [3.8, 4) is 5.13 Å². The Kier molecular flexibility index (Phi) is 2.83. The van der Waals surface area contributed by atoms with Crippen molar-refractivity contribution < 1.29 is 0 Å². The molecule has 5 heteroatoms. The van der Waals surface area contributed by atoms with Gasteiger partial charge < -0.3 is 5.73 Å². The third-order valence-corrected chi connectivity index (χ3v) is 3.21. The van der Waals surface area contributed by atoms with Gasteiger partial charge in [-0.05, 0) is 18.6 Å². The van der Waals surface area contributed by atoms with Crippen molar-refractivity contribution in [2.45, 2.75) is 13.3 Å². The van der Waals surface area contributed by atoms with E-state index < -0.39 is 0 Å². The lowest BCUT2D eigenvalue weighted by Crippen LogP contribution is -2.14. The van der Waals surface area contributed by atoms with Crippen molar-refractivity contribution in [3.63, 3.8) is 0 Å². The summed E-state index contributed by atoms with van der Waals surface area (Å²) in [6.45, 7) is 2.09.